The minimum atomic E-state index is -0.498. The van der Waals surface area contributed by atoms with Crippen LogP contribution in [0.3, 0.4) is 0 Å². The molecule has 0 aliphatic rings. The molecule has 0 rings (SSSR count). The van der Waals surface area contributed by atoms with Gasteiger partial charge in [0.05, 0.1) is 13.2 Å². The van der Waals surface area contributed by atoms with Crippen molar-refractivity contribution in [3.8, 4) is 0 Å². The average molecular weight is 301 g/mol. The van der Waals surface area contributed by atoms with Crippen LogP contribution in [0.15, 0.2) is 12.2 Å². The average Bonchev–Trinajstić information content (AvgIpc) is 2.46. The Bertz CT molecular complexity index is 317. The Kier molecular flexibility index (Phi) is 12.4. The molecule has 6 heteroatoms. The molecule has 2 N–H and O–H groups in total. The number of aliphatic hydroxyl groups excluding tert-OH is 1. The Morgan fingerprint density at radius 1 is 1.00 bits per heavy atom. The van der Waals surface area contributed by atoms with E-state index in [0.717, 1.165) is 38.5 Å². The minimum absolute atomic E-state index is 0.103. The van der Waals surface area contributed by atoms with Crippen LogP contribution in [-0.4, -0.2) is 43.5 Å². The molecular weight excluding hydrogens is 274 g/mol. The summed E-state index contributed by atoms with van der Waals surface area (Å²) in [6.07, 6.45) is 5.42. The number of carbonyl (C=O) groups excluding carboxylic acids is 2. The normalized spacial score (nSPS) is 10.0. The first-order valence-corrected chi connectivity index (χ1v) is 7.42. The van der Waals surface area contributed by atoms with E-state index in [0.29, 0.717) is 12.2 Å². The second-order valence-electron chi connectivity index (χ2n) is 4.82. The van der Waals surface area contributed by atoms with E-state index in [1.54, 1.807) is 6.92 Å². The zero-order valence-electron chi connectivity index (χ0n) is 12.9. The van der Waals surface area contributed by atoms with Gasteiger partial charge in [0, 0.05) is 12.2 Å². The van der Waals surface area contributed by atoms with Crippen molar-refractivity contribution in [3.05, 3.63) is 12.2 Å². The van der Waals surface area contributed by atoms with E-state index in [2.05, 4.69) is 11.9 Å². The number of hydrogen-bond acceptors (Lipinski definition) is 5. The first-order chi connectivity index (χ1) is 10.1. The fourth-order valence-corrected chi connectivity index (χ4v) is 1.56. The molecule has 0 unspecified atom stereocenters. The molecule has 6 nitrogen and oxygen atoms in total. The molecule has 0 atom stereocenters. The predicted octanol–water partition coefficient (Wildman–Crippen LogP) is 2.16. The summed E-state index contributed by atoms with van der Waals surface area (Å²) >= 11 is 0. The van der Waals surface area contributed by atoms with E-state index < -0.39 is 12.1 Å². The molecule has 122 valence electrons. The van der Waals surface area contributed by atoms with Crippen LogP contribution in [0.1, 0.15) is 45.4 Å². The third-order valence-electron chi connectivity index (χ3n) is 2.74. The lowest BCUT2D eigenvalue weighted by molar-refractivity contribution is -0.138. The van der Waals surface area contributed by atoms with Crippen LogP contribution in [0.25, 0.3) is 0 Å². The van der Waals surface area contributed by atoms with Gasteiger partial charge in [-0.15, -0.1) is 0 Å². The summed E-state index contributed by atoms with van der Waals surface area (Å²) in [5.74, 6) is -0.466. The SMILES string of the molecule is C=C(C)C(=O)OCCNC(=O)OCCCCCCCCO. The van der Waals surface area contributed by atoms with Crippen molar-refractivity contribution in [2.45, 2.75) is 45.4 Å². The Balaban J connectivity index is 3.31. The summed E-state index contributed by atoms with van der Waals surface area (Å²) in [7, 11) is 0. The van der Waals surface area contributed by atoms with Gasteiger partial charge < -0.3 is 19.9 Å². The van der Waals surface area contributed by atoms with Gasteiger partial charge in [0.15, 0.2) is 0 Å². The van der Waals surface area contributed by atoms with Crippen molar-refractivity contribution in [2.75, 3.05) is 26.4 Å². The molecule has 0 aliphatic carbocycles. The quantitative estimate of drug-likeness (QED) is 0.328. The predicted molar refractivity (Wildman–Crippen MR) is 79.9 cm³/mol. The maximum absolute atomic E-state index is 11.3. The molecule has 0 aromatic carbocycles. The van der Waals surface area contributed by atoms with Crippen LogP contribution >= 0.6 is 0 Å². The first kappa shape index (κ1) is 19.4. The Morgan fingerprint density at radius 2 is 1.62 bits per heavy atom. The molecule has 0 fully saturated rings. The van der Waals surface area contributed by atoms with Crippen LogP contribution in [0, 0.1) is 0 Å². The van der Waals surface area contributed by atoms with Gasteiger partial charge in [-0.25, -0.2) is 9.59 Å². The van der Waals surface area contributed by atoms with Crippen molar-refractivity contribution >= 4 is 12.1 Å². The highest BCUT2D eigenvalue weighted by molar-refractivity contribution is 5.86. The summed E-state index contributed by atoms with van der Waals surface area (Å²) in [6, 6.07) is 0. The molecule has 0 aromatic heterocycles. The van der Waals surface area contributed by atoms with Crippen molar-refractivity contribution in [3.63, 3.8) is 0 Å². The smallest absolute Gasteiger partial charge is 0.407 e. The number of unbranched alkanes of at least 4 members (excludes halogenated alkanes) is 5. The number of hydrogen-bond donors (Lipinski definition) is 2. The molecule has 0 aromatic rings. The van der Waals surface area contributed by atoms with Crippen LogP contribution in [0.4, 0.5) is 4.79 Å². The number of aliphatic hydroxyl groups is 1. The number of rotatable bonds is 12. The standard InChI is InChI=1S/C15H27NO5/c1-13(2)14(18)20-12-9-16-15(19)21-11-8-6-4-3-5-7-10-17/h17H,1,3-12H2,2H3,(H,16,19). The van der Waals surface area contributed by atoms with Crippen molar-refractivity contribution in [1.29, 1.82) is 0 Å². The van der Waals surface area contributed by atoms with Gasteiger partial charge in [-0.05, 0) is 19.8 Å². The molecule has 0 radical (unpaired) electrons. The van der Waals surface area contributed by atoms with Gasteiger partial charge in [0.2, 0.25) is 0 Å². The van der Waals surface area contributed by atoms with Crippen LogP contribution in [0.2, 0.25) is 0 Å². The Morgan fingerprint density at radius 3 is 2.24 bits per heavy atom. The second-order valence-corrected chi connectivity index (χ2v) is 4.82. The van der Waals surface area contributed by atoms with Crippen molar-refractivity contribution < 1.29 is 24.2 Å². The molecule has 1 amide bonds. The second kappa shape index (κ2) is 13.4. The zero-order chi connectivity index (χ0) is 15.9. The number of alkyl carbamates (subject to hydrolysis) is 1. The molecule has 0 bridgehead atoms. The van der Waals surface area contributed by atoms with Gasteiger partial charge in [0.1, 0.15) is 6.61 Å². The van der Waals surface area contributed by atoms with Gasteiger partial charge in [-0.3, -0.25) is 0 Å². The first-order valence-electron chi connectivity index (χ1n) is 7.42. The van der Waals surface area contributed by atoms with E-state index >= 15 is 0 Å². The summed E-state index contributed by atoms with van der Waals surface area (Å²) in [6.45, 7) is 5.98. The van der Waals surface area contributed by atoms with E-state index in [4.69, 9.17) is 14.6 Å². The molecule has 0 heterocycles. The number of carbonyl (C=O) groups is 2. The third-order valence-corrected chi connectivity index (χ3v) is 2.74. The monoisotopic (exact) mass is 301 g/mol. The Labute approximate surface area is 126 Å². The Hall–Kier alpha value is -1.56. The zero-order valence-corrected chi connectivity index (χ0v) is 12.9. The highest BCUT2D eigenvalue weighted by atomic mass is 16.6. The molecular formula is C15H27NO5. The molecule has 0 saturated carbocycles. The summed E-state index contributed by atoms with van der Waals surface area (Å²) in [4.78, 5) is 22.3. The number of esters is 1. The number of nitrogens with one attached hydrogen (secondary N) is 1. The lowest BCUT2D eigenvalue weighted by atomic mass is 10.1. The highest BCUT2D eigenvalue weighted by Crippen LogP contribution is 2.05. The summed E-state index contributed by atoms with van der Waals surface area (Å²) in [5.41, 5.74) is 0.330. The minimum Gasteiger partial charge on any atom is -0.460 e. The van der Waals surface area contributed by atoms with E-state index in [1.165, 1.54) is 0 Å². The number of amides is 1. The van der Waals surface area contributed by atoms with E-state index in [9.17, 15) is 9.59 Å². The topological polar surface area (TPSA) is 84.9 Å². The van der Waals surface area contributed by atoms with Crippen molar-refractivity contribution in [1.82, 2.24) is 5.32 Å². The lowest BCUT2D eigenvalue weighted by Crippen LogP contribution is -2.29. The van der Waals surface area contributed by atoms with Crippen LogP contribution in [-0.2, 0) is 14.3 Å². The molecule has 0 aliphatic heterocycles. The van der Waals surface area contributed by atoms with Gasteiger partial charge in [-0.2, -0.15) is 0 Å². The molecule has 0 saturated heterocycles. The maximum atomic E-state index is 11.3. The van der Waals surface area contributed by atoms with Gasteiger partial charge in [-0.1, -0.05) is 32.3 Å². The highest BCUT2D eigenvalue weighted by Gasteiger charge is 2.04. The van der Waals surface area contributed by atoms with Crippen molar-refractivity contribution in [2.24, 2.45) is 0 Å². The maximum Gasteiger partial charge on any atom is 0.407 e. The summed E-state index contributed by atoms with van der Waals surface area (Å²) in [5, 5.41) is 11.1. The van der Waals surface area contributed by atoms with Gasteiger partial charge in [0.25, 0.3) is 0 Å². The van der Waals surface area contributed by atoms with Crippen LogP contribution in [0.5, 0.6) is 0 Å². The third kappa shape index (κ3) is 13.2. The number of ether oxygens (including phenoxy) is 2. The fraction of sp³-hybridized carbons (Fsp3) is 0.733. The summed E-state index contributed by atoms with van der Waals surface area (Å²) < 4.78 is 9.79. The van der Waals surface area contributed by atoms with E-state index in [1.807, 2.05) is 0 Å². The molecule has 0 spiro atoms. The van der Waals surface area contributed by atoms with Gasteiger partial charge >= 0.3 is 12.1 Å². The fourth-order valence-electron chi connectivity index (χ4n) is 1.56. The van der Waals surface area contributed by atoms with E-state index in [-0.39, 0.29) is 19.8 Å². The molecule has 21 heavy (non-hydrogen) atoms. The lowest BCUT2D eigenvalue weighted by Gasteiger charge is -2.07. The largest absolute Gasteiger partial charge is 0.460 e. The van der Waals surface area contributed by atoms with Crippen LogP contribution < -0.4 is 5.32 Å².